The maximum atomic E-state index is 12.5. The smallest absolute Gasteiger partial charge is 0.230 e. The van der Waals surface area contributed by atoms with Gasteiger partial charge in [0.2, 0.25) is 5.91 Å². The zero-order valence-corrected chi connectivity index (χ0v) is 13.6. The van der Waals surface area contributed by atoms with Crippen LogP contribution in [0.5, 0.6) is 0 Å². The van der Waals surface area contributed by atoms with E-state index in [1.165, 1.54) is 4.88 Å². The Morgan fingerprint density at radius 1 is 1.50 bits per heavy atom. The molecule has 1 heterocycles. The molecule has 0 fully saturated rings. The van der Waals surface area contributed by atoms with E-state index < -0.39 is 5.41 Å². The van der Waals surface area contributed by atoms with Crippen molar-refractivity contribution in [1.82, 2.24) is 4.90 Å². The Balaban J connectivity index is 2.80. The van der Waals surface area contributed by atoms with Crippen molar-refractivity contribution in [3.8, 4) is 0 Å². The first kappa shape index (κ1) is 15.7. The van der Waals surface area contributed by atoms with Crippen LogP contribution < -0.4 is 5.73 Å². The van der Waals surface area contributed by atoms with Gasteiger partial charge >= 0.3 is 0 Å². The van der Waals surface area contributed by atoms with Crippen molar-refractivity contribution >= 4 is 33.2 Å². The number of thiophene rings is 1. The molecule has 1 unspecified atom stereocenters. The molecule has 1 aromatic rings. The molecular weight excluding hydrogens is 312 g/mol. The SMILES string of the molecule is CCN(Cc1ccc(Br)s1)C(=O)C(C)(CC)CN. The van der Waals surface area contributed by atoms with Crippen molar-refractivity contribution in [1.29, 1.82) is 0 Å². The minimum absolute atomic E-state index is 0.152. The highest BCUT2D eigenvalue weighted by Gasteiger charge is 2.33. The third-order valence-corrected chi connectivity index (χ3v) is 5.00. The molecule has 0 aromatic carbocycles. The summed E-state index contributed by atoms with van der Waals surface area (Å²) in [5.74, 6) is 0.152. The molecule has 0 aliphatic heterocycles. The summed E-state index contributed by atoms with van der Waals surface area (Å²) in [5, 5.41) is 0. The van der Waals surface area contributed by atoms with Crippen LogP contribution in [-0.4, -0.2) is 23.9 Å². The fraction of sp³-hybridized carbons (Fsp3) is 0.615. The number of hydrogen-bond acceptors (Lipinski definition) is 3. The average Bonchev–Trinajstić information content (AvgIpc) is 2.79. The Morgan fingerprint density at radius 2 is 2.17 bits per heavy atom. The minimum atomic E-state index is -0.440. The molecule has 1 amide bonds. The number of amides is 1. The van der Waals surface area contributed by atoms with Gasteiger partial charge in [0.05, 0.1) is 15.7 Å². The van der Waals surface area contributed by atoms with E-state index in [2.05, 4.69) is 22.0 Å². The summed E-state index contributed by atoms with van der Waals surface area (Å²) in [7, 11) is 0. The molecule has 1 atom stereocenters. The van der Waals surface area contributed by atoms with Gasteiger partial charge in [0, 0.05) is 18.0 Å². The number of nitrogens with zero attached hydrogens (tertiary/aromatic N) is 1. The predicted octanol–water partition coefficient (Wildman–Crippen LogP) is 3.23. The van der Waals surface area contributed by atoms with Gasteiger partial charge in [0.1, 0.15) is 0 Å². The molecule has 1 rings (SSSR count). The summed E-state index contributed by atoms with van der Waals surface area (Å²) in [4.78, 5) is 15.6. The van der Waals surface area contributed by atoms with Crippen LogP contribution in [0.4, 0.5) is 0 Å². The van der Waals surface area contributed by atoms with Crippen LogP contribution in [0.1, 0.15) is 32.1 Å². The molecule has 0 radical (unpaired) electrons. The quantitative estimate of drug-likeness (QED) is 0.869. The van der Waals surface area contributed by atoms with Crippen molar-refractivity contribution in [2.75, 3.05) is 13.1 Å². The molecule has 0 aliphatic rings. The van der Waals surface area contributed by atoms with Gasteiger partial charge in [-0.1, -0.05) is 6.92 Å². The highest BCUT2D eigenvalue weighted by Crippen LogP contribution is 2.27. The summed E-state index contributed by atoms with van der Waals surface area (Å²) >= 11 is 5.11. The largest absolute Gasteiger partial charge is 0.337 e. The molecular formula is C13H21BrN2OS. The number of carbonyl (C=O) groups excluding carboxylic acids is 1. The van der Waals surface area contributed by atoms with Gasteiger partial charge < -0.3 is 10.6 Å². The molecule has 102 valence electrons. The topological polar surface area (TPSA) is 46.3 Å². The van der Waals surface area contributed by atoms with Gasteiger partial charge in [-0.2, -0.15) is 0 Å². The number of halogens is 1. The van der Waals surface area contributed by atoms with Crippen molar-refractivity contribution in [3.63, 3.8) is 0 Å². The van der Waals surface area contributed by atoms with Gasteiger partial charge in [-0.25, -0.2) is 0 Å². The molecule has 18 heavy (non-hydrogen) atoms. The van der Waals surface area contributed by atoms with E-state index in [0.717, 1.165) is 10.2 Å². The number of hydrogen-bond donors (Lipinski definition) is 1. The van der Waals surface area contributed by atoms with E-state index >= 15 is 0 Å². The van der Waals surface area contributed by atoms with Gasteiger partial charge in [0.15, 0.2) is 0 Å². The lowest BCUT2D eigenvalue weighted by Gasteiger charge is -2.32. The molecule has 0 spiro atoms. The second kappa shape index (κ2) is 6.68. The van der Waals surface area contributed by atoms with Crippen molar-refractivity contribution < 1.29 is 4.79 Å². The van der Waals surface area contributed by atoms with E-state index in [-0.39, 0.29) is 5.91 Å². The summed E-state index contributed by atoms with van der Waals surface area (Å²) in [6, 6.07) is 4.07. The lowest BCUT2D eigenvalue weighted by molar-refractivity contribution is -0.141. The Hall–Kier alpha value is -0.390. The standard InChI is InChI=1S/C13H21BrN2OS/c1-4-13(3,9-15)12(17)16(5-2)8-10-6-7-11(14)18-10/h6-7H,4-5,8-9,15H2,1-3H3. The fourth-order valence-electron chi connectivity index (χ4n) is 1.72. The fourth-order valence-corrected chi connectivity index (χ4v) is 3.22. The van der Waals surface area contributed by atoms with E-state index in [4.69, 9.17) is 5.73 Å². The summed E-state index contributed by atoms with van der Waals surface area (Å²) < 4.78 is 1.10. The van der Waals surface area contributed by atoms with Gasteiger partial charge in [-0.05, 0) is 48.3 Å². The maximum Gasteiger partial charge on any atom is 0.230 e. The van der Waals surface area contributed by atoms with Crippen molar-refractivity contribution in [2.45, 2.75) is 33.7 Å². The molecule has 0 aliphatic carbocycles. The second-order valence-electron chi connectivity index (χ2n) is 4.64. The van der Waals surface area contributed by atoms with Crippen LogP contribution in [0.3, 0.4) is 0 Å². The molecule has 1 aromatic heterocycles. The first-order valence-corrected chi connectivity index (χ1v) is 7.81. The third-order valence-electron chi connectivity index (χ3n) is 3.39. The molecule has 5 heteroatoms. The number of carbonyl (C=O) groups is 1. The van der Waals surface area contributed by atoms with E-state index in [0.29, 0.717) is 19.6 Å². The van der Waals surface area contributed by atoms with Gasteiger partial charge in [-0.3, -0.25) is 4.79 Å². The molecule has 0 saturated heterocycles. The highest BCUT2D eigenvalue weighted by atomic mass is 79.9. The lowest BCUT2D eigenvalue weighted by atomic mass is 9.86. The third kappa shape index (κ3) is 3.56. The Labute approximate surface area is 121 Å². The van der Waals surface area contributed by atoms with Crippen molar-refractivity contribution in [2.24, 2.45) is 11.1 Å². The van der Waals surface area contributed by atoms with Crippen LogP contribution in [0, 0.1) is 5.41 Å². The van der Waals surface area contributed by atoms with Crippen LogP contribution >= 0.6 is 27.3 Å². The average molecular weight is 333 g/mol. The van der Waals surface area contributed by atoms with Gasteiger partial charge in [-0.15, -0.1) is 11.3 Å². The van der Waals surface area contributed by atoms with Crippen LogP contribution in [0.25, 0.3) is 0 Å². The van der Waals surface area contributed by atoms with Gasteiger partial charge in [0.25, 0.3) is 0 Å². The Bertz CT molecular complexity index is 401. The summed E-state index contributed by atoms with van der Waals surface area (Å²) in [6.45, 7) is 7.74. The predicted molar refractivity (Wildman–Crippen MR) is 80.6 cm³/mol. The second-order valence-corrected chi connectivity index (χ2v) is 7.19. The normalized spacial score (nSPS) is 14.3. The first-order valence-electron chi connectivity index (χ1n) is 6.20. The molecule has 0 saturated carbocycles. The molecule has 3 nitrogen and oxygen atoms in total. The van der Waals surface area contributed by atoms with E-state index in [9.17, 15) is 4.79 Å². The van der Waals surface area contributed by atoms with Crippen LogP contribution in [0.15, 0.2) is 15.9 Å². The zero-order valence-electron chi connectivity index (χ0n) is 11.2. The number of rotatable bonds is 6. The highest BCUT2D eigenvalue weighted by molar-refractivity contribution is 9.11. The summed E-state index contributed by atoms with van der Waals surface area (Å²) in [5.41, 5.74) is 5.32. The zero-order chi connectivity index (χ0) is 13.8. The van der Waals surface area contributed by atoms with Crippen molar-refractivity contribution in [3.05, 3.63) is 20.8 Å². The van der Waals surface area contributed by atoms with E-state index in [1.54, 1.807) is 11.3 Å². The Morgan fingerprint density at radius 3 is 2.56 bits per heavy atom. The molecule has 2 N–H and O–H groups in total. The summed E-state index contributed by atoms with van der Waals surface area (Å²) in [6.07, 6.45) is 0.771. The van der Waals surface area contributed by atoms with Crippen LogP contribution in [0.2, 0.25) is 0 Å². The number of nitrogens with two attached hydrogens (primary N) is 1. The minimum Gasteiger partial charge on any atom is -0.337 e. The monoisotopic (exact) mass is 332 g/mol. The molecule has 0 bridgehead atoms. The first-order chi connectivity index (χ1) is 8.46. The lowest BCUT2D eigenvalue weighted by Crippen LogP contribution is -2.45. The van der Waals surface area contributed by atoms with E-state index in [1.807, 2.05) is 31.7 Å². The maximum absolute atomic E-state index is 12.5. The Kier molecular flexibility index (Phi) is 5.82. The van der Waals surface area contributed by atoms with Crippen LogP contribution in [-0.2, 0) is 11.3 Å².